The van der Waals surface area contributed by atoms with Crippen molar-refractivity contribution in [1.29, 1.82) is 0 Å². The Balaban J connectivity index is 0.832. The van der Waals surface area contributed by atoms with E-state index in [0.717, 1.165) is 94.9 Å². The van der Waals surface area contributed by atoms with Crippen LogP contribution in [-0.2, 0) is 37.7 Å². The van der Waals surface area contributed by atoms with Gasteiger partial charge in [-0.2, -0.15) is 0 Å². The summed E-state index contributed by atoms with van der Waals surface area (Å²) < 4.78 is 12.9. The van der Waals surface area contributed by atoms with Gasteiger partial charge in [-0.05, 0) is 65.7 Å². The minimum absolute atomic E-state index is 0.0159. The van der Waals surface area contributed by atoms with Gasteiger partial charge in [0.1, 0.15) is 75.0 Å². The predicted molar refractivity (Wildman–Crippen MR) is 366 cm³/mol. The number of hydrogen-bond donors (Lipinski definition) is 6. The van der Waals surface area contributed by atoms with Gasteiger partial charge in [0.15, 0.2) is 52.2 Å². The number of hydrogen-bond acceptors (Lipinski definition) is 22. The maximum atomic E-state index is 10.6. The Bertz CT molecular complexity index is 5370. The van der Waals surface area contributed by atoms with Crippen LogP contribution in [0.3, 0.4) is 0 Å². The number of benzene rings is 2. The van der Waals surface area contributed by atoms with E-state index in [1.54, 1.807) is 10.9 Å². The molecular formula is C74H77N19O6. The topological polar surface area (TPSA) is 342 Å². The van der Waals surface area contributed by atoms with Crippen molar-refractivity contribution < 1.29 is 29.9 Å². The van der Waals surface area contributed by atoms with Gasteiger partial charge in [-0.15, -0.1) is 5.10 Å². The maximum Gasteiger partial charge on any atom is 0.186 e. The summed E-state index contributed by atoms with van der Waals surface area (Å²) in [6.07, 6.45) is 0.816. The summed E-state index contributed by atoms with van der Waals surface area (Å²) in [4.78, 5) is 84.9. The molecule has 6 N–H and O–H groups in total. The molecule has 11 atom stereocenters. The third kappa shape index (κ3) is 8.18. The van der Waals surface area contributed by atoms with Gasteiger partial charge in [-0.25, -0.2) is 74.5 Å². The van der Waals surface area contributed by atoms with Crippen molar-refractivity contribution in [2.24, 2.45) is 16.2 Å². The molecule has 3 saturated carbocycles. The monoisotopic (exact) mass is 1330 g/mol. The Morgan fingerprint density at radius 1 is 0.485 bits per heavy atom. The van der Waals surface area contributed by atoms with Crippen LogP contribution in [0.15, 0.2) is 54.7 Å². The molecule has 11 heterocycles. The van der Waals surface area contributed by atoms with Crippen molar-refractivity contribution in [3.63, 3.8) is 0 Å². The summed E-state index contributed by atoms with van der Waals surface area (Å²) in [6, 6.07) is 16.3. The lowest BCUT2D eigenvalue weighted by Gasteiger charge is -2.39. The fourth-order valence-electron chi connectivity index (χ4n) is 18.5. The highest BCUT2D eigenvalue weighted by Gasteiger charge is 2.64. The molecule has 25 heteroatoms. The number of aromatic nitrogens is 19. The lowest BCUT2D eigenvalue weighted by Crippen LogP contribution is -2.59. The molecule has 504 valence electrons. The number of rotatable bonds is 8. The normalized spacial score (nSPS) is 28.2. The van der Waals surface area contributed by atoms with Crippen LogP contribution in [0.4, 0.5) is 0 Å². The van der Waals surface area contributed by atoms with Crippen LogP contribution in [0.2, 0.25) is 0 Å². The zero-order valence-corrected chi connectivity index (χ0v) is 57.4. The smallest absolute Gasteiger partial charge is 0.186 e. The molecule has 99 heavy (non-hydrogen) atoms. The second-order valence-corrected chi connectivity index (χ2v) is 32.5. The standard InChI is InChI=1S/C74H77N19O6/c1-68(2,3)34-19-17-33(18-20-34)41-40(32-15-13-31(14-16-32)38-29-93(92-91-38)27-28-98-67-55(97)54(96)53(95)39(30-94)99-67)75-45-46(76-41)60-83-59(45)84-61-47-50(80-56-42(77-47)35-21-24-72(56,10)69(35,4)5)65(86-61)88-63-49-52(82-58-44(79-49)37-23-26-74(58,12)71(37,8)9)66(90-63)89-62-48-51(64(85-60)87-62)81-57-43(78-48)36-22-25-73(57,11)70(36,6)7/h13-20,29,35-37,39,53-55,67,94-97H,21-28,30H2,1-12H3,(H2,83,84,85,86,87,88,89,90)/t35?,36?,37?,39-,53-,54+,55-,67-,72?,73?,74?/m1/s1. The molecule has 1 saturated heterocycles. The van der Waals surface area contributed by atoms with E-state index in [9.17, 15) is 20.4 Å². The molecular weight excluding hydrogens is 1250 g/mol. The van der Waals surface area contributed by atoms with Crippen molar-refractivity contribution >= 4 is 44.7 Å². The first-order valence-corrected chi connectivity index (χ1v) is 34.7. The fourth-order valence-corrected chi connectivity index (χ4v) is 18.5. The second-order valence-electron chi connectivity index (χ2n) is 32.5. The van der Waals surface area contributed by atoms with Gasteiger partial charge in [-0.1, -0.05) is 137 Å². The van der Waals surface area contributed by atoms with Crippen LogP contribution in [0.5, 0.6) is 0 Å². The third-order valence-corrected chi connectivity index (χ3v) is 25.9. The summed E-state index contributed by atoms with van der Waals surface area (Å²) in [6.45, 7) is 27.3. The highest BCUT2D eigenvalue weighted by atomic mass is 16.7. The highest BCUT2D eigenvalue weighted by molar-refractivity contribution is 6.03. The van der Waals surface area contributed by atoms with Crippen molar-refractivity contribution in [3.05, 3.63) is 94.5 Å². The largest absolute Gasteiger partial charge is 0.394 e. The number of H-pyrrole nitrogens is 2. The summed E-state index contributed by atoms with van der Waals surface area (Å²) in [5.74, 6) is 1.81. The minimum Gasteiger partial charge on any atom is -0.394 e. The average Bonchev–Trinajstić information content (AvgIpc) is 1.54. The predicted octanol–water partition coefficient (Wildman–Crippen LogP) is 10.3. The van der Waals surface area contributed by atoms with Crippen LogP contribution < -0.4 is 0 Å². The summed E-state index contributed by atoms with van der Waals surface area (Å²) in [7, 11) is 0. The Morgan fingerprint density at radius 2 is 0.899 bits per heavy atom. The molecule has 6 aliphatic carbocycles. The summed E-state index contributed by atoms with van der Waals surface area (Å²) in [5, 5.41) is 49.7. The molecule has 14 bridgehead atoms. The zero-order chi connectivity index (χ0) is 68.3. The number of aromatic amines is 2. The quantitative estimate of drug-likeness (QED) is 0.0823. The summed E-state index contributed by atoms with van der Waals surface area (Å²) >= 11 is 0. The molecule has 19 rings (SSSR count). The Kier molecular flexibility index (Phi) is 12.4. The number of aliphatic hydroxyl groups excluding tert-OH is 4. The average molecular weight is 1330 g/mol. The molecule has 10 aromatic rings. The first-order valence-electron chi connectivity index (χ1n) is 34.7. The molecule has 2 aromatic carbocycles. The van der Waals surface area contributed by atoms with E-state index in [0.29, 0.717) is 108 Å². The van der Waals surface area contributed by atoms with Crippen LogP contribution in [-0.4, -0.2) is 159 Å². The van der Waals surface area contributed by atoms with E-state index in [-0.39, 0.29) is 68.8 Å². The minimum atomic E-state index is -1.56. The van der Waals surface area contributed by atoms with Crippen LogP contribution in [0.25, 0.3) is 125 Å². The molecule has 0 radical (unpaired) electrons. The van der Waals surface area contributed by atoms with E-state index in [2.05, 4.69) is 128 Å². The second kappa shape index (κ2) is 20.1. The fraction of sp³-hybridized carbons (Fsp3) is 0.486. The van der Waals surface area contributed by atoms with Crippen molar-refractivity contribution in [3.8, 4) is 79.8 Å². The first kappa shape index (κ1) is 61.1. The molecule has 0 amide bonds. The number of nitrogens with zero attached hydrogens (tertiary/aromatic N) is 17. The number of nitrogens with one attached hydrogen (secondary N) is 2. The Morgan fingerprint density at radius 3 is 1.36 bits per heavy atom. The number of aliphatic hydroxyl groups is 4. The Labute approximate surface area is 568 Å². The zero-order valence-electron chi connectivity index (χ0n) is 57.4. The van der Waals surface area contributed by atoms with Crippen LogP contribution in [0.1, 0.15) is 179 Å². The van der Waals surface area contributed by atoms with Gasteiger partial charge in [0, 0.05) is 50.7 Å². The van der Waals surface area contributed by atoms with Crippen molar-refractivity contribution in [2.75, 3.05) is 13.2 Å². The maximum absolute atomic E-state index is 10.6. The third-order valence-electron chi connectivity index (χ3n) is 25.9. The highest BCUT2D eigenvalue weighted by Crippen LogP contribution is 2.70. The van der Waals surface area contributed by atoms with Gasteiger partial charge in [0.25, 0.3) is 0 Å². The molecule has 25 nitrogen and oxygen atoms in total. The van der Waals surface area contributed by atoms with Gasteiger partial charge in [0.2, 0.25) is 0 Å². The Hall–Kier alpha value is -8.98. The first-order chi connectivity index (χ1) is 47.2. The molecule has 3 aliphatic heterocycles. The van der Waals surface area contributed by atoms with Gasteiger partial charge in [-0.3, -0.25) is 0 Å². The molecule has 0 spiro atoms. The van der Waals surface area contributed by atoms with Crippen LogP contribution >= 0.6 is 0 Å². The van der Waals surface area contributed by atoms with Gasteiger partial charge in [0.05, 0.1) is 71.5 Å². The van der Waals surface area contributed by atoms with Gasteiger partial charge >= 0.3 is 0 Å². The molecule has 8 aromatic heterocycles. The lowest BCUT2D eigenvalue weighted by molar-refractivity contribution is -0.301. The van der Waals surface area contributed by atoms with E-state index in [1.165, 1.54) is 0 Å². The van der Waals surface area contributed by atoms with Crippen molar-refractivity contribution in [2.45, 2.75) is 198 Å². The van der Waals surface area contributed by atoms with E-state index in [4.69, 9.17) is 79.2 Å². The molecule has 4 fully saturated rings. The SMILES string of the molecule is CC(C)(C)c1ccc(-c2nc3c4nc5nc(nc6[nH]c(nc7nc(nc([nH]4)c3nc2-c2ccc(-c3cn(CCO[C@@H]4O[C@H](CO)[C@@H](O)[C@H](O)[C@H]4O)nn3)cc2)-c2nc3c(nc2-7)C2(C)CCC3C2(C)C)c2nc3c(nc62)C2(C)CCC3C2(C)C)-c2nc3c(nc2-5)C2(C)CCC3C2(C)C)cc1. The summed E-state index contributed by atoms with van der Waals surface area (Å²) in [5.41, 5.74) is 15.5. The van der Waals surface area contributed by atoms with E-state index < -0.39 is 37.3 Å². The van der Waals surface area contributed by atoms with E-state index in [1.807, 2.05) is 24.3 Å². The number of ether oxygens (including phenoxy) is 2. The lowest BCUT2D eigenvalue weighted by atomic mass is 9.70. The number of fused-ring (bicyclic) bond motifs is 35. The van der Waals surface area contributed by atoms with Crippen molar-refractivity contribution in [1.82, 2.24) is 94.7 Å². The van der Waals surface area contributed by atoms with Crippen LogP contribution in [0, 0.1) is 16.2 Å². The molecule has 6 unspecified atom stereocenters. The molecule has 9 aliphatic rings. The van der Waals surface area contributed by atoms with Gasteiger partial charge < -0.3 is 39.9 Å². The van der Waals surface area contributed by atoms with E-state index >= 15 is 0 Å².